The fraction of sp³-hybridized carbons (Fsp3) is 0.400. The van der Waals surface area contributed by atoms with Gasteiger partial charge in [0, 0.05) is 50.0 Å². The molecule has 3 aliphatic rings. The van der Waals surface area contributed by atoms with Crippen molar-refractivity contribution in [2.24, 2.45) is 0 Å². The van der Waals surface area contributed by atoms with Crippen molar-refractivity contribution in [3.8, 4) is 11.3 Å². The van der Waals surface area contributed by atoms with Crippen LogP contribution in [0.2, 0.25) is 5.02 Å². The number of aromatic nitrogens is 2. The molecule has 1 unspecified atom stereocenters. The molecule has 2 N–H and O–H groups in total. The number of rotatable bonds is 6. The van der Waals surface area contributed by atoms with E-state index in [1.807, 2.05) is 24.3 Å². The molecule has 0 aliphatic carbocycles. The first kappa shape index (κ1) is 26.7. The molecular formula is C30H32ClN5O4. The van der Waals surface area contributed by atoms with Crippen LogP contribution in [0.5, 0.6) is 0 Å². The normalized spacial score (nSPS) is 18.2. The Morgan fingerprint density at radius 3 is 2.52 bits per heavy atom. The van der Waals surface area contributed by atoms with Gasteiger partial charge in [-0.25, -0.2) is 9.97 Å². The summed E-state index contributed by atoms with van der Waals surface area (Å²) in [6, 6.07) is 13.0. The van der Waals surface area contributed by atoms with Crippen molar-refractivity contribution >= 4 is 29.4 Å². The number of anilines is 1. The minimum absolute atomic E-state index is 0.223. The fourth-order valence-electron chi connectivity index (χ4n) is 5.80. The summed E-state index contributed by atoms with van der Waals surface area (Å²) < 4.78 is 5.43. The first-order valence-corrected chi connectivity index (χ1v) is 14.2. The number of aliphatic hydroxyl groups is 1. The highest BCUT2D eigenvalue weighted by Gasteiger charge is 2.38. The van der Waals surface area contributed by atoms with Gasteiger partial charge in [0.25, 0.3) is 5.91 Å². The van der Waals surface area contributed by atoms with Crippen LogP contribution in [-0.2, 0) is 28.9 Å². The zero-order valence-corrected chi connectivity index (χ0v) is 22.9. The van der Waals surface area contributed by atoms with Gasteiger partial charge in [0.2, 0.25) is 11.9 Å². The highest BCUT2D eigenvalue weighted by atomic mass is 35.5. The minimum atomic E-state index is -0.942. The smallest absolute Gasteiger partial charge is 0.255 e. The number of nitrogens with one attached hydrogen (secondary N) is 1. The topological polar surface area (TPSA) is 108 Å². The number of benzene rings is 2. The molecular weight excluding hydrogens is 530 g/mol. The Kier molecular flexibility index (Phi) is 7.69. The molecule has 0 bridgehead atoms. The van der Waals surface area contributed by atoms with Crippen LogP contribution in [-0.4, -0.2) is 81.7 Å². The Morgan fingerprint density at radius 2 is 1.82 bits per heavy atom. The zero-order valence-electron chi connectivity index (χ0n) is 22.2. The molecule has 2 aromatic carbocycles. The molecule has 3 aromatic rings. The lowest BCUT2D eigenvalue weighted by molar-refractivity contribution is -0.137. The van der Waals surface area contributed by atoms with Gasteiger partial charge in [-0.3, -0.25) is 9.59 Å². The summed E-state index contributed by atoms with van der Waals surface area (Å²) in [5.74, 6) is -0.0299. The maximum atomic E-state index is 13.6. The second-order valence-electron chi connectivity index (χ2n) is 10.5. The van der Waals surface area contributed by atoms with E-state index in [-0.39, 0.29) is 24.4 Å². The van der Waals surface area contributed by atoms with Crippen LogP contribution < -0.4 is 5.32 Å². The van der Waals surface area contributed by atoms with E-state index >= 15 is 0 Å². The molecule has 4 heterocycles. The highest BCUT2D eigenvalue weighted by Crippen LogP contribution is 2.33. The van der Waals surface area contributed by atoms with Crippen LogP contribution in [0.3, 0.4) is 0 Å². The van der Waals surface area contributed by atoms with Crippen LogP contribution in [0, 0.1) is 0 Å². The Morgan fingerprint density at radius 1 is 1.10 bits per heavy atom. The number of carbonyl (C=O) groups excluding carboxylic acids is 2. The molecule has 10 heteroatoms. The molecule has 0 radical (unpaired) electrons. The maximum absolute atomic E-state index is 13.6. The monoisotopic (exact) mass is 561 g/mol. The third-order valence-electron chi connectivity index (χ3n) is 8.08. The summed E-state index contributed by atoms with van der Waals surface area (Å²) in [6.45, 7) is 2.33. The van der Waals surface area contributed by atoms with Crippen molar-refractivity contribution in [1.82, 2.24) is 19.8 Å². The van der Waals surface area contributed by atoms with Gasteiger partial charge in [-0.15, -0.1) is 0 Å². The van der Waals surface area contributed by atoms with Crippen LogP contribution in [0.4, 0.5) is 5.95 Å². The molecule has 0 saturated carbocycles. The average molecular weight is 562 g/mol. The number of amides is 2. The van der Waals surface area contributed by atoms with Gasteiger partial charge in [-0.05, 0) is 48.4 Å². The van der Waals surface area contributed by atoms with E-state index in [2.05, 4.69) is 27.4 Å². The Bertz CT molecular complexity index is 1400. The first-order valence-electron chi connectivity index (χ1n) is 13.8. The Labute approximate surface area is 238 Å². The van der Waals surface area contributed by atoms with E-state index in [1.54, 1.807) is 17.2 Å². The van der Waals surface area contributed by atoms with Gasteiger partial charge in [0.1, 0.15) is 6.04 Å². The number of hydrogen-bond donors (Lipinski definition) is 2. The standard InChI is InChI=1S/C30H32ClN5O4/c31-25-16-32-30(33-23-9-13-40-14-10-23)34-27(25)21-5-6-22-17-36(28(38)24(22)15-21)26(18-37)29(39)35-11-7-19-3-1-2-4-20(19)8-12-35/h1-6,15-16,23,26,37H,7-14,17-18H2,(H,32,33,34). The third kappa shape index (κ3) is 5.29. The molecule has 1 aromatic heterocycles. The molecule has 40 heavy (non-hydrogen) atoms. The lowest BCUT2D eigenvalue weighted by atomic mass is 10.0. The van der Waals surface area contributed by atoms with Crippen molar-refractivity contribution in [3.05, 3.63) is 75.9 Å². The number of nitrogens with zero attached hydrogens (tertiary/aromatic N) is 4. The maximum Gasteiger partial charge on any atom is 0.255 e. The molecule has 9 nitrogen and oxygen atoms in total. The third-order valence-corrected chi connectivity index (χ3v) is 8.36. The quantitative estimate of drug-likeness (QED) is 0.475. The second-order valence-corrected chi connectivity index (χ2v) is 10.9. The SMILES string of the molecule is O=C(C(CO)N1Cc2ccc(-c3nc(NC4CCOCC4)ncc3Cl)cc2C1=O)N1CCc2ccccc2CC1. The van der Waals surface area contributed by atoms with E-state index in [4.69, 9.17) is 16.3 Å². The number of carbonyl (C=O) groups is 2. The summed E-state index contributed by atoms with van der Waals surface area (Å²) >= 11 is 6.49. The molecule has 208 valence electrons. The van der Waals surface area contributed by atoms with Gasteiger partial charge in [0.15, 0.2) is 0 Å². The minimum Gasteiger partial charge on any atom is -0.394 e. The summed E-state index contributed by atoms with van der Waals surface area (Å²) in [5.41, 5.74) is 4.98. The number of ether oxygens (including phenoxy) is 1. The Balaban J connectivity index is 1.19. The molecule has 1 fully saturated rings. The molecule has 1 atom stereocenters. The van der Waals surface area contributed by atoms with Gasteiger partial charge < -0.3 is 25.0 Å². The largest absolute Gasteiger partial charge is 0.394 e. The van der Waals surface area contributed by atoms with E-state index in [9.17, 15) is 14.7 Å². The highest BCUT2D eigenvalue weighted by molar-refractivity contribution is 6.33. The number of hydrogen-bond acceptors (Lipinski definition) is 7. The van der Waals surface area contributed by atoms with Gasteiger partial charge in [-0.1, -0.05) is 48.0 Å². The molecule has 2 amide bonds. The lowest BCUT2D eigenvalue weighted by Crippen LogP contribution is -2.51. The number of halogens is 1. The van der Waals surface area contributed by atoms with E-state index in [1.165, 1.54) is 16.0 Å². The fourth-order valence-corrected chi connectivity index (χ4v) is 6.00. The predicted octanol–water partition coefficient (Wildman–Crippen LogP) is 3.33. The van der Waals surface area contributed by atoms with Crippen molar-refractivity contribution in [2.75, 3.05) is 38.2 Å². The molecule has 3 aliphatic heterocycles. The Hall–Kier alpha value is -3.53. The van der Waals surface area contributed by atoms with E-state index in [0.29, 0.717) is 54.1 Å². The van der Waals surface area contributed by atoms with Crippen LogP contribution in [0.1, 0.15) is 39.9 Å². The zero-order chi connectivity index (χ0) is 27.6. The number of fused-ring (bicyclic) bond motifs is 2. The van der Waals surface area contributed by atoms with E-state index < -0.39 is 12.6 Å². The second kappa shape index (κ2) is 11.5. The summed E-state index contributed by atoms with van der Waals surface area (Å²) in [7, 11) is 0. The predicted molar refractivity (Wildman–Crippen MR) is 151 cm³/mol. The first-order chi connectivity index (χ1) is 19.5. The summed E-state index contributed by atoms with van der Waals surface area (Å²) in [6.07, 6.45) is 4.82. The molecule has 1 saturated heterocycles. The molecule has 0 spiro atoms. The van der Waals surface area contributed by atoms with Gasteiger partial charge in [0.05, 0.1) is 23.5 Å². The molecule has 6 rings (SSSR count). The van der Waals surface area contributed by atoms with Crippen LogP contribution in [0.15, 0.2) is 48.7 Å². The van der Waals surface area contributed by atoms with Crippen LogP contribution in [0.25, 0.3) is 11.3 Å². The van der Waals surface area contributed by atoms with Crippen LogP contribution >= 0.6 is 11.6 Å². The van der Waals surface area contributed by atoms with Crippen molar-refractivity contribution in [1.29, 1.82) is 0 Å². The van der Waals surface area contributed by atoms with Crippen molar-refractivity contribution < 1.29 is 19.4 Å². The van der Waals surface area contributed by atoms with Crippen molar-refractivity contribution in [3.63, 3.8) is 0 Å². The number of aliphatic hydroxyl groups excluding tert-OH is 1. The van der Waals surface area contributed by atoms with Crippen molar-refractivity contribution in [2.45, 2.75) is 44.3 Å². The lowest BCUT2D eigenvalue weighted by Gasteiger charge is -2.30. The summed E-state index contributed by atoms with van der Waals surface area (Å²) in [5, 5.41) is 14.0. The van der Waals surface area contributed by atoms with Gasteiger partial charge in [-0.2, -0.15) is 0 Å². The average Bonchev–Trinajstić information content (AvgIpc) is 3.15. The van der Waals surface area contributed by atoms with Gasteiger partial charge >= 0.3 is 0 Å². The van der Waals surface area contributed by atoms with E-state index in [0.717, 1.165) is 31.2 Å². The summed E-state index contributed by atoms with van der Waals surface area (Å²) in [4.78, 5) is 39.4.